The third-order valence-corrected chi connectivity index (χ3v) is 2.35. The van der Waals surface area contributed by atoms with E-state index in [2.05, 4.69) is 0 Å². The summed E-state index contributed by atoms with van der Waals surface area (Å²) in [5.74, 6) is -0.387. The highest BCUT2D eigenvalue weighted by Crippen LogP contribution is 2.25. The standard InChI is InChI=1S/C8H13ClO4/c1-4-8(13-5(2)10)6(9)3-7(11)12-4/h4,6-8,11H,3H2,1-2H3/t4-,6-,7+,8-/m0/s1. The van der Waals surface area contributed by atoms with E-state index in [1.165, 1.54) is 6.92 Å². The summed E-state index contributed by atoms with van der Waals surface area (Å²) in [5, 5.41) is 8.77. The minimum atomic E-state index is -0.857. The van der Waals surface area contributed by atoms with Gasteiger partial charge in [-0.05, 0) is 6.92 Å². The Kier molecular flexibility index (Phi) is 3.53. The zero-order valence-corrected chi connectivity index (χ0v) is 8.32. The predicted octanol–water partition coefficient (Wildman–Crippen LogP) is 0.653. The number of aliphatic hydroxyl groups is 1. The molecule has 4 atom stereocenters. The summed E-state index contributed by atoms with van der Waals surface area (Å²) in [6.45, 7) is 3.03. The number of carbonyl (C=O) groups excluding carboxylic acids is 1. The largest absolute Gasteiger partial charge is 0.458 e. The molecule has 76 valence electrons. The molecule has 0 aromatic heterocycles. The highest BCUT2D eigenvalue weighted by Gasteiger charge is 2.36. The molecule has 1 aliphatic heterocycles. The van der Waals surface area contributed by atoms with Gasteiger partial charge in [0.2, 0.25) is 0 Å². The van der Waals surface area contributed by atoms with Crippen LogP contribution in [0.25, 0.3) is 0 Å². The lowest BCUT2D eigenvalue weighted by Gasteiger charge is -2.34. The van der Waals surface area contributed by atoms with Gasteiger partial charge in [0.05, 0.1) is 11.5 Å². The Morgan fingerprint density at radius 2 is 2.31 bits per heavy atom. The summed E-state index contributed by atoms with van der Waals surface area (Å²) in [4.78, 5) is 10.7. The number of carbonyl (C=O) groups is 1. The Hall–Kier alpha value is -0.320. The molecule has 0 aromatic carbocycles. The van der Waals surface area contributed by atoms with Crippen LogP contribution in [0.4, 0.5) is 0 Å². The van der Waals surface area contributed by atoms with Crippen molar-refractivity contribution in [3.8, 4) is 0 Å². The van der Waals surface area contributed by atoms with Crippen molar-refractivity contribution in [2.24, 2.45) is 0 Å². The molecule has 0 amide bonds. The molecule has 13 heavy (non-hydrogen) atoms. The first kappa shape index (κ1) is 10.8. The van der Waals surface area contributed by atoms with Crippen molar-refractivity contribution < 1.29 is 19.4 Å². The van der Waals surface area contributed by atoms with Crippen molar-refractivity contribution in [3.05, 3.63) is 0 Å². The van der Waals surface area contributed by atoms with Crippen LogP contribution in [0.1, 0.15) is 20.3 Å². The first-order valence-corrected chi connectivity index (χ1v) is 4.59. The maximum absolute atomic E-state index is 10.7. The van der Waals surface area contributed by atoms with Crippen LogP contribution in [0.2, 0.25) is 0 Å². The van der Waals surface area contributed by atoms with Crippen LogP contribution >= 0.6 is 11.6 Å². The minimum Gasteiger partial charge on any atom is -0.458 e. The third-order valence-electron chi connectivity index (χ3n) is 1.92. The van der Waals surface area contributed by atoms with Crippen LogP contribution < -0.4 is 0 Å². The molecule has 0 radical (unpaired) electrons. The van der Waals surface area contributed by atoms with Gasteiger partial charge in [-0.25, -0.2) is 0 Å². The molecule has 4 nitrogen and oxygen atoms in total. The molecule has 0 bridgehead atoms. The van der Waals surface area contributed by atoms with Crippen molar-refractivity contribution in [2.45, 2.75) is 44.1 Å². The molecule has 5 heteroatoms. The van der Waals surface area contributed by atoms with E-state index in [4.69, 9.17) is 26.2 Å². The predicted molar refractivity (Wildman–Crippen MR) is 46.4 cm³/mol. The van der Waals surface area contributed by atoms with Crippen LogP contribution in [0.5, 0.6) is 0 Å². The molecule has 1 heterocycles. The zero-order chi connectivity index (χ0) is 10.0. The van der Waals surface area contributed by atoms with Crippen molar-refractivity contribution in [2.75, 3.05) is 0 Å². The van der Waals surface area contributed by atoms with Gasteiger partial charge < -0.3 is 14.6 Å². The van der Waals surface area contributed by atoms with Crippen molar-refractivity contribution in [3.63, 3.8) is 0 Å². The number of hydrogen-bond acceptors (Lipinski definition) is 4. The van der Waals surface area contributed by atoms with E-state index in [-0.39, 0.29) is 23.9 Å². The number of hydrogen-bond donors (Lipinski definition) is 1. The molecular formula is C8H13ClO4. The van der Waals surface area contributed by atoms with Crippen LogP contribution in [-0.2, 0) is 14.3 Å². The fraction of sp³-hybridized carbons (Fsp3) is 0.875. The van der Waals surface area contributed by atoms with Crippen molar-refractivity contribution >= 4 is 17.6 Å². The van der Waals surface area contributed by atoms with E-state index < -0.39 is 12.4 Å². The van der Waals surface area contributed by atoms with Gasteiger partial charge in [-0.1, -0.05) is 0 Å². The maximum atomic E-state index is 10.7. The zero-order valence-electron chi connectivity index (χ0n) is 7.57. The molecule has 1 rings (SSSR count). The van der Waals surface area contributed by atoms with Gasteiger partial charge in [0, 0.05) is 13.3 Å². The summed E-state index contributed by atoms with van der Waals surface area (Å²) in [6, 6.07) is 0. The van der Waals surface area contributed by atoms with Gasteiger partial charge in [-0.2, -0.15) is 0 Å². The molecule has 0 unspecified atom stereocenters. The first-order valence-electron chi connectivity index (χ1n) is 4.15. The van der Waals surface area contributed by atoms with Gasteiger partial charge in [0.1, 0.15) is 6.10 Å². The molecular weight excluding hydrogens is 196 g/mol. The highest BCUT2D eigenvalue weighted by atomic mass is 35.5. The second kappa shape index (κ2) is 4.26. The first-order chi connectivity index (χ1) is 6.00. The Morgan fingerprint density at radius 3 is 2.77 bits per heavy atom. The van der Waals surface area contributed by atoms with Crippen LogP contribution in [0.15, 0.2) is 0 Å². The summed E-state index contributed by atoms with van der Waals surface area (Å²) in [7, 11) is 0. The summed E-state index contributed by atoms with van der Waals surface area (Å²) in [5.41, 5.74) is 0. The average Bonchev–Trinajstić information content (AvgIpc) is 1.96. The number of alkyl halides is 1. The smallest absolute Gasteiger partial charge is 0.303 e. The van der Waals surface area contributed by atoms with Gasteiger partial charge in [-0.3, -0.25) is 4.79 Å². The Balaban J connectivity index is 2.56. The van der Waals surface area contributed by atoms with E-state index in [9.17, 15) is 4.79 Å². The lowest BCUT2D eigenvalue weighted by Crippen LogP contribution is -2.46. The molecule has 0 saturated carbocycles. The second-order valence-corrected chi connectivity index (χ2v) is 3.68. The number of ether oxygens (including phenoxy) is 2. The topological polar surface area (TPSA) is 55.8 Å². The summed E-state index contributed by atoms with van der Waals surface area (Å²) >= 11 is 5.90. The minimum absolute atomic E-state index is 0.282. The fourth-order valence-corrected chi connectivity index (χ4v) is 1.77. The number of esters is 1. The SMILES string of the molecule is CC(=O)O[C@H]1[C@H](C)O[C@@H](O)C[C@@H]1Cl. The summed E-state index contributed by atoms with van der Waals surface area (Å²) < 4.78 is 10.0. The van der Waals surface area contributed by atoms with Gasteiger partial charge >= 0.3 is 5.97 Å². The van der Waals surface area contributed by atoms with E-state index in [1.54, 1.807) is 6.92 Å². The number of halogens is 1. The molecule has 1 saturated heterocycles. The normalized spacial score (nSPS) is 40.0. The number of aliphatic hydroxyl groups excluding tert-OH is 1. The molecule has 1 N–H and O–H groups in total. The number of rotatable bonds is 1. The lowest BCUT2D eigenvalue weighted by atomic mass is 10.1. The van der Waals surface area contributed by atoms with Crippen molar-refractivity contribution in [1.29, 1.82) is 0 Å². The maximum Gasteiger partial charge on any atom is 0.303 e. The lowest BCUT2D eigenvalue weighted by molar-refractivity contribution is -0.203. The fourth-order valence-electron chi connectivity index (χ4n) is 1.36. The molecule has 1 fully saturated rings. The van der Waals surface area contributed by atoms with Gasteiger partial charge in [0.25, 0.3) is 0 Å². The van der Waals surface area contributed by atoms with E-state index >= 15 is 0 Å². The highest BCUT2D eigenvalue weighted by molar-refractivity contribution is 6.21. The Labute approximate surface area is 81.8 Å². The monoisotopic (exact) mass is 208 g/mol. The van der Waals surface area contributed by atoms with E-state index in [0.717, 1.165) is 0 Å². The molecule has 0 aromatic rings. The average molecular weight is 209 g/mol. The van der Waals surface area contributed by atoms with E-state index in [0.29, 0.717) is 0 Å². The van der Waals surface area contributed by atoms with Crippen LogP contribution in [0, 0.1) is 0 Å². The second-order valence-electron chi connectivity index (χ2n) is 3.12. The van der Waals surface area contributed by atoms with Gasteiger partial charge in [0.15, 0.2) is 6.29 Å². The molecule has 0 aliphatic carbocycles. The van der Waals surface area contributed by atoms with Crippen LogP contribution in [-0.4, -0.2) is 35.0 Å². The quantitative estimate of drug-likeness (QED) is 0.508. The molecule has 1 aliphatic rings. The molecule has 0 spiro atoms. The Morgan fingerprint density at radius 1 is 1.69 bits per heavy atom. The van der Waals surface area contributed by atoms with Gasteiger partial charge in [-0.15, -0.1) is 11.6 Å². The Bertz CT molecular complexity index is 185. The van der Waals surface area contributed by atoms with Crippen molar-refractivity contribution in [1.82, 2.24) is 0 Å². The third kappa shape index (κ3) is 2.83. The van der Waals surface area contributed by atoms with Crippen LogP contribution in [0.3, 0.4) is 0 Å². The van der Waals surface area contributed by atoms with E-state index in [1.807, 2.05) is 0 Å². The summed E-state index contributed by atoms with van der Waals surface area (Å²) in [6.07, 6.45) is -1.41.